The van der Waals surface area contributed by atoms with Crippen molar-refractivity contribution in [2.45, 2.75) is 45.6 Å². The number of nitrogen functional groups attached to an aromatic ring is 1. The number of nitrogens with one attached hydrogen (secondary N) is 2. The summed E-state index contributed by atoms with van der Waals surface area (Å²) in [5.41, 5.74) is 8.10. The number of para-hydroxylation sites is 1. The number of anilines is 3. The van der Waals surface area contributed by atoms with E-state index in [1.54, 1.807) is 4.90 Å². The molecule has 0 radical (unpaired) electrons. The number of benzene rings is 1. The monoisotopic (exact) mass is 353 g/mol. The highest BCUT2D eigenvalue weighted by molar-refractivity contribution is 5.58. The van der Waals surface area contributed by atoms with Gasteiger partial charge in [-0.1, -0.05) is 31.0 Å². The van der Waals surface area contributed by atoms with Crippen molar-refractivity contribution in [1.82, 2.24) is 15.0 Å². The molecule has 1 aliphatic heterocycles. The van der Waals surface area contributed by atoms with Crippen LogP contribution in [-0.2, 0) is 6.54 Å². The number of aryl methyl sites for hydroxylation is 1. The van der Waals surface area contributed by atoms with E-state index in [2.05, 4.69) is 33.3 Å². The summed E-state index contributed by atoms with van der Waals surface area (Å²) >= 11 is 0. The van der Waals surface area contributed by atoms with E-state index in [0.29, 0.717) is 5.95 Å². The molecule has 2 heterocycles. The van der Waals surface area contributed by atoms with Gasteiger partial charge in [0.15, 0.2) is 5.82 Å². The van der Waals surface area contributed by atoms with Crippen LogP contribution in [0.3, 0.4) is 0 Å². The van der Waals surface area contributed by atoms with Crippen LogP contribution in [0.4, 0.5) is 17.6 Å². The number of likely N-dealkylation sites (tertiary alicyclic amines) is 1. The minimum absolute atomic E-state index is 0.290. The molecule has 1 unspecified atom stereocenters. The third-order valence-electron chi connectivity index (χ3n) is 5.98. The molecule has 6 heteroatoms. The highest BCUT2D eigenvalue weighted by atomic mass is 15.2. The normalized spacial score (nSPS) is 25.5. The number of nitrogens with zero attached hydrogens (tertiary/aromatic N) is 3. The first-order valence-corrected chi connectivity index (χ1v) is 9.84. The molecule has 0 amide bonds. The number of quaternary nitrogens is 1. The molecule has 1 saturated carbocycles. The highest BCUT2D eigenvalue weighted by Crippen LogP contribution is 2.32. The lowest BCUT2D eigenvalue weighted by Gasteiger charge is -2.38. The summed E-state index contributed by atoms with van der Waals surface area (Å²) in [5, 5.41) is 3.28. The first kappa shape index (κ1) is 17.2. The molecule has 1 saturated heterocycles. The largest absolute Gasteiger partial charge is 0.368 e. The average molecular weight is 353 g/mol. The van der Waals surface area contributed by atoms with Gasteiger partial charge in [0.2, 0.25) is 11.9 Å². The van der Waals surface area contributed by atoms with Crippen LogP contribution < -0.4 is 16.0 Å². The summed E-state index contributed by atoms with van der Waals surface area (Å²) in [6.45, 7) is 5.36. The van der Waals surface area contributed by atoms with Gasteiger partial charge in [0.05, 0.1) is 13.1 Å². The Kier molecular flexibility index (Phi) is 5.02. The van der Waals surface area contributed by atoms with Crippen molar-refractivity contribution in [2.24, 2.45) is 11.8 Å². The van der Waals surface area contributed by atoms with Gasteiger partial charge in [-0.3, -0.25) is 0 Å². The maximum atomic E-state index is 5.95. The summed E-state index contributed by atoms with van der Waals surface area (Å²) in [6, 6.07) is 8.10. The van der Waals surface area contributed by atoms with Crippen LogP contribution in [0, 0.1) is 18.8 Å². The minimum atomic E-state index is 0.290. The van der Waals surface area contributed by atoms with Crippen molar-refractivity contribution in [2.75, 3.05) is 24.1 Å². The molecule has 2 fully saturated rings. The number of rotatable bonds is 4. The molecule has 0 spiro atoms. The molecule has 1 aliphatic carbocycles. The Morgan fingerprint density at radius 1 is 1.08 bits per heavy atom. The molecule has 26 heavy (non-hydrogen) atoms. The van der Waals surface area contributed by atoms with Gasteiger partial charge >= 0.3 is 0 Å². The second-order valence-electron chi connectivity index (χ2n) is 7.85. The molecule has 2 aliphatic rings. The lowest BCUT2D eigenvalue weighted by atomic mass is 9.75. The fraction of sp³-hybridized carbons (Fsp3) is 0.550. The Labute approximate surface area is 155 Å². The van der Waals surface area contributed by atoms with E-state index >= 15 is 0 Å². The van der Waals surface area contributed by atoms with Gasteiger partial charge in [0.25, 0.3) is 0 Å². The molecule has 4 rings (SSSR count). The van der Waals surface area contributed by atoms with Crippen molar-refractivity contribution in [3.05, 3.63) is 35.7 Å². The molecule has 4 N–H and O–H groups in total. The van der Waals surface area contributed by atoms with Gasteiger partial charge in [-0.25, -0.2) is 0 Å². The quantitative estimate of drug-likeness (QED) is 0.784. The third-order valence-corrected chi connectivity index (χ3v) is 5.98. The van der Waals surface area contributed by atoms with Crippen molar-refractivity contribution >= 4 is 17.6 Å². The fourth-order valence-electron chi connectivity index (χ4n) is 4.59. The Morgan fingerprint density at radius 2 is 1.88 bits per heavy atom. The number of aromatic nitrogens is 3. The summed E-state index contributed by atoms with van der Waals surface area (Å²) in [7, 11) is 0. The zero-order chi connectivity index (χ0) is 17.9. The van der Waals surface area contributed by atoms with Crippen molar-refractivity contribution < 1.29 is 4.90 Å². The zero-order valence-electron chi connectivity index (χ0n) is 15.5. The van der Waals surface area contributed by atoms with Crippen LogP contribution in [0.15, 0.2) is 24.3 Å². The summed E-state index contributed by atoms with van der Waals surface area (Å²) in [4.78, 5) is 14.9. The molecular weight excluding hydrogens is 324 g/mol. The van der Waals surface area contributed by atoms with E-state index in [1.807, 2.05) is 18.2 Å². The second-order valence-corrected chi connectivity index (χ2v) is 7.85. The van der Waals surface area contributed by atoms with Gasteiger partial charge < -0.3 is 16.0 Å². The van der Waals surface area contributed by atoms with Crippen LogP contribution in [-0.4, -0.2) is 28.0 Å². The van der Waals surface area contributed by atoms with Crippen LogP contribution in [0.5, 0.6) is 0 Å². The molecule has 138 valence electrons. The smallest absolute Gasteiger partial charge is 0.232 e. The van der Waals surface area contributed by atoms with Gasteiger partial charge in [-0.05, 0) is 43.7 Å². The second kappa shape index (κ2) is 7.58. The SMILES string of the molecule is Cc1ccccc1Nc1nc(N)nc(C[NH+]2CC[C@@H]3CCCC[C@@H]3C2)n1. The lowest BCUT2D eigenvalue weighted by Crippen LogP contribution is -3.12. The van der Waals surface area contributed by atoms with E-state index < -0.39 is 0 Å². The van der Waals surface area contributed by atoms with E-state index in [-0.39, 0.29) is 5.95 Å². The molecule has 1 aromatic carbocycles. The number of fused-ring (bicyclic) bond motifs is 1. The molecular formula is C20H29N6+. The predicted molar refractivity (Wildman–Crippen MR) is 103 cm³/mol. The average Bonchev–Trinajstić information content (AvgIpc) is 2.63. The van der Waals surface area contributed by atoms with Crippen LogP contribution in [0.25, 0.3) is 0 Å². The third kappa shape index (κ3) is 3.96. The summed E-state index contributed by atoms with van der Waals surface area (Å²) < 4.78 is 0. The van der Waals surface area contributed by atoms with E-state index in [1.165, 1.54) is 45.2 Å². The number of nitrogens with two attached hydrogens (primary N) is 1. The van der Waals surface area contributed by atoms with Crippen molar-refractivity contribution in [3.8, 4) is 0 Å². The van der Waals surface area contributed by atoms with Gasteiger partial charge in [-0.2, -0.15) is 15.0 Å². The maximum Gasteiger partial charge on any atom is 0.232 e. The zero-order valence-corrected chi connectivity index (χ0v) is 15.5. The number of hydrogen-bond acceptors (Lipinski definition) is 5. The van der Waals surface area contributed by atoms with E-state index in [0.717, 1.165) is 35.5 Å². The first-order chi connectivity index (χ1) is 12.7. The Hall–Kier alpha value is -2.21. The number of piperidine rings is 1. The fourth-order valence-corrected chi connectivity index (χ4v) is 4.59. The van der Waals surface area contributed by atoms with Gasteiger partial charge in [0, 0.05) is 11.6 Å². The molecule has 3 atom stereocenters. The van der Waals surface area contributed by atoms with E-state index in [4.69, 9.17) is 5.73 Å². The van der Waals surface area contributed by atoms with Crippen LogP contribution >= 0.6 is 0 Å². The van der Waals surface area contributed by atoms with Gasteiger partial charge in [0.1, 0.15) is 6.54 Å². The summed E-state index contributed by atoms with van der Waals surface area (Å²) in [5.74, 6) is 3.45. The molecule has 6 nitrogen and oxygen atoms in total. The van der Waals surface area contributed by atoms with Crippen molar-refractivity contribution in [3.63, 3.8) is 0 Å². The first-order valence-electron chi connectivity index (χ1n) is 9.84. The van der Waals surface area contributed by atoms with Crippen LogP contribution in [0.1, 0.15) is 43.5 Å². The van der Waals surface area contributed by atoms with Crippen molar-refractivity contribution in [1.29, 1.82) is 0 Å². The summed E-state index contributed by atoms with van der Waals surface area (Å²) in [6.07, 6.45) is 7.00. The molecule has 0 bridgehead atoms. The maximum absolute atomic E-state index is 5.95. The van der Waals surface area contributed by atoms with Gasteiger partial charge in [-0.15, -0.1) is 0 Å². The predicted octanol–water partition coefficient (Wildman–Crippen LogP) is 2.10. The Morgan fingerprint density at radius 3 is 2.73 bits per heavy atom. The lowest BCUT2D eigenvalue weighted by molar-refractivity contribution is -0.924. The van der Waals surface area contributed by atoms with Crippen LogP contribution in [0.2, 0.25) is 0 Å². The minimum Gasteiger partial charge on any atom is -0.368 e. The molecule has 2 aromatic rings. The highest BCUT2D eigenvalue weighted by Gasteiger charge is 2.33. The Balaban J connectivity index is 1.45. The Bertz CT molecular complexity index is 762. The molecule has 1 aromatic heterocycles. The van der Waals surface area contributed by atoms with E-state index in [9.17, 15) is 0 Å². The topological polar surface area (TPSA) is 81.2 Å². The standard InChI is InChI=1S/C20H28N6/c1-14-6-2-5-9-17(14)22-20-24-18(23-19(21)25-20)13-26-11-10-15-7-3-4-8-16(15)12-26/h2,5-6,9,15-16H,3-4,7-8,10-13H2,1H3,(H3,21,22,23,24,25)/p+1/t15-,16+/m0/s1. The number of hydrogen-bond donors (Lipinski definition) is 3.